The number of benzene rings is 2. The average molecular weight is 444 g/mol. The third kappa shape index (κ3) is 5.10. The number of amides is 1. The van der Waals surface area contributed by atoms with Gasteiger partial charge in [-0.1, -0.05) is 17.7 Å². The molecular formula is C25H25N5O3. The molecule has 0 bridgehead atoms. The Kier molecular flexibility index (Phi) is 6.52. The maximum Gasteiger partial charge on any atom is 0.336 e. The van der Waals surface area contributed by atoms with E-state index >= 15 is 0 Å². The van der Waals surface area contributed by atoms with Crippen molar-refractivity contribution in [2.75, 3.05) is 42.9 Å². The van der Waals surface area contributed by atoms with E-state index in [0.717, 1.165) is 25.2 Å². The maximum atomic E-state index is 12.6. The summed E-state index contributed by atoms with van der Waals surface area (Å²) in [5.74, 6) is -0.681. The van der Waals surface area contributed by atoms with Gasteiger partial charge in [-0.3, -0.25) is 9.69 Å². The van der Waals surface area contributed by atoms with Crippen LogP contribution in [0, 0.1) is 18.3 Å². The predicted octanol–water partition coefficient (Wildman–Crippen LogP) is 3.53. The minimum absolute atomic E-state index is 0.147. The highest BCUT2D eigenvalue weighted by Gasteiger charge is 2.21. The van der Waals surface area contributed by atoms with Crippen LogP contribution in [0.5, 0.6) is 0 Å². The summed E-state index contributed by atoms with van der Waals surface area (Å²) in [6.07, 6.45) is 0.500. The van der Waals surface area contributed by atoms with Crippen LogP contribution >= 0.6 is 0 Å². The second-order valence-electron chi connectivity index (χ2n) is 8.12. The number of hydrogen-bond donors (Lipinski definition) is 2. The fraction of sp³-hybridized carbons (Fsp3) is 0.280. The Labute approximate surface area is 192 Å². The average Bonchev–Trinajstić information content (AvgIpc) is 2.82. The number of aromatic nitrogens is 1. The zero-order chi connectivity index (χ0) is 23.4. The zero-order valence-electron chi connectivity index (χ0n) is 18.4. The van der Waals surface area contributed by atoms with Gasteiger partial charge in [-0.15, -0.1) is 0 Å². The maximum absolute atomic E-state index is 12.6. The van der Waals surface area contributed by atoms with Crippen molar-refractivity contribution in [3.63, 3.8) is 0 Å². The van der Waals surface area contributed by atoms with Gasteiger partial charge in [0.1, 0.15) is 5.82 Å². The highest BCUT2D eigenvalue weighted by atomic mass is 16.4. The summed E-state index contributed by atoms with van der Waals surface area (Å²) >= 11 is 0. The minimum atomic E-state index is -1.04. The van der Waals surface area contributed by atoms with E-state index in [4.69, 9.17) is 10.2 Å². The van der Waals surface area contributed by atoms with Crippen LogP contribution in [0.25, 0.3) is 10.9 Å². The molecular weight excluding hydrogens is 418 g/mol. The Morgan fingerprint density at radius 1 is 1.09 bits per heavy atom. The van der Waals surface area contributed by atoms with E-state index in [2.05, 4.69) is 21.2 Å². The Morgan fingerprint density at radius 3 is 2.48 bits per heavy atom. The van der Waals surface area contributed by atoms with Crippen molar-refractivity contribution in [1.29, 1.82) is 5.26 Å². The molecule has 0 aliphatic carbocycles. The molecule has 0 unspecified atom stereocenters. The van der Waals surface area contributed by atoms with Gasteiger partial charge in [-0.2, -0.15) is 5.26 Å². The van der Waals surface area contributed by atoms with Gasteiger partial charge >= 0.3 is 5.97 Å². The lowest BCUT2D eigenvalue weighted by Gasteiger charge is -2.35. The number of carboxylic acid groups (broad SMARTS) is 1. The summed E-state index contributed by atoms with van der Waals surface area (Å²) in [6.45, 7) is 5.73. The van der Waals surface area contributed by atoms with Crippen molar-refractivity contribution in [2.45, 2.75) is 13.3 Å². The monoisotopic (exact) mass is 443 g/mol. The molecule has 1 aromatic heterocycles. The van der Waals surface area contributed by atoms with Crippen LogP contribution in [-0.2, 0) is 0 Å². The summed E-state index contributed by atoms with van der Waals surface area (Å²) in [5.41, 5.74) is 2.81. The van der Waals surface area contributed by atoms with Gasteiger partial charge in [0, 0.05) is 55.8 Å². The normalized spacial score (nSPS) is 14.1. The quantitative estimate of drug-likeness (QED) is 0.600. The van der Waals surface area contributed by atoms with Crippen molar-refractivity contribution in [1.82, 2.24) is 9.88 Å². The van der Waals surface area contributed by atoms with Gasteiger partial charge in [-0.25, -0.2) is 9.78 Å². The number of fused-ring (bicyclic) bond motifs is 1. The van der Waals surface area contributed by atoms with E-state index in [-0.39, 0.29) is 11.5 Å². The SMILES string of the molecule is Cc1ccc(C(=O)Nc2ccc3nc(N4CCN(CCC#N)CC4)cc(C(=O)O)c3c2)cc1. The molecule has 33 heavy (non-hydrogen) atoms. The van der Waals surface area contributed by atoms with Gasteiger partial charge in [0.2, 0.25) is 0 Å². The number of anilines is 2. The molecule has 1 aliphatic heterocycles. The summed E-state index contributed by atoms with van der Waals surface area (Å²) in [5, 5.41) is 21.9. The molecule has 4 rings (SSSR count). The van der Waals surface area contributed by atoms with Crippen molar-refractivity contribution < 1.29 is 14.7 Å². The van der Waals surface area contributed by atoms with Crippen molar-refractivity contribution >= 4 is 34.3 Å². The first-order valence-electron chi connectivity index (χ1n) is 10.8. The number of aryl methyl sites for hydroxylation is 1. The number of carbonyl (C=O) groups is 2. The van der Waals surface area contributed by atoms with E-state index in [1.807, 2.05) is 19.1 Å². The first-order valence-corrected chi connectivity index (χ1v) is 10.8. The van der Waals surface area contributed by atoms with Crippen LogP contribution in [0.4, 0.5) is 11.5 Å². The second-order valence-corrected chi connectivity index (χ2v) is 8.12. The van der Waals surface area contributed by atoms with Crippen LogP contribution in [0.2, 0.25) is 0 Å². The first kappa shape index (κ1) is 22.2. The predicted molar refractivity (Wildman–Crippen MR) is 127 cm³/mol. The third-order valence-corrected chi connectivity index (χ3v) is 5.83. The van der Waals surface area contributed by atoms with Crippen molar-refractivity contribution in [3.05, 3.63) is 65.2 Å². The second kappa shape index (κ2) is 9.67. The lowest BCUT2D eigenvalue weighted by molar-refractivity contribution is 0.0698. The summed E-state index contributed by atoms with van der Waals surface area (Å²) < 4.78 is 0. The molecule has 8 heteroatoms. The number of carboxylic acids is 1. The molecule has 2 aromatic carbocycles. The van der Waals surface area contributed by atoms with Gasteiger partial charge in [0.15, 0.2) is 0 Å². The Hall–Kier alpha value is -3.96. The summed E-state index contributed by atoms with van der Waals surface area (Å²) in [7, 11) is 0. The third-order valence-electron chi connectivity index (χ3n) is 5.83. The fourth-order valence-corrected chi connectivity index (χ4v) is 3.95. The van der Waals surface area contributed by atoms with Crippen molar-refractivity contribution in [2.24, 2.45) is 0 Å². The van der Waals surface area contributed by atoms with Crippen LogP contribution in [0.15, 0.2) is 48.5 Å². The molecule has 0 atom stereocenters. The first-order chi connectivity index (χ1) is 15.9. The van der Waals surface area contributed by atoms with E-state index in [1.54, 1.807) is 36.4 Å². The van der Waals surface area contributed by atoms with Gasteiger partial charge in [-0.05, 0) is 43.3 Å². The molecule has 168 valence electrons. The van der Waals surface area contributed by atoms with Gasteiger partial charge in [0.25, 0.3) is 5.91 Å². The number of hydrogen-bond acceptors (Lipinski definition) is 6. The van der Waals surface area contributed by atoms with Crippen molar-refractivity contribution in [3.8, 4) is 6.07 Å². The van der Waals surface area contributed by atoms with Gasteiger partial charge in [0.05, 0.1) is 17.1 Å². The van der Waals surface area contributed by atoms with E-state index in [0.29, 0.717) is 47.5 Å². The van der Waals surface area contributed by atoms with Crippen LogP contribution in [0.3, 0.4) is 0 Å². The zero-order valence-corrected chi connectivity index (χ0v) is 18.4. The molecule has 2 heterocycles. The molecule has 1 aliphatic rings. The molecule has 1 fully saturated rings. The molecule has 2 N–H and O–H groups in total. The van der Waals surface area contributed by atoms with Crippen LogP contribution in [-0.4, -0.2) is 59.6 Å². The van der Waals surface area contributed by atoms with Crippen LogP contribution in [0.1, 0.15) is 32.7 Å². The molecule has 1 amide bonds. The number of carbonyl (C=O) groups excluding carboxylic acids is 1. The standard InChI is InChI=1S/C25H25N5O3/c1-17-3-5-18(6-4-17)24(31)27-19-7-8-22-20(15-19)21(25(32)33)16-23(28-22)30-13-11-29(12-14-30)10-2-9-26/h3-8,15-16H,2,10-14H2,1H3,(H,27,31)(H,32,33). The summed E-state index contributed by atoms with van der Waals surface area (Å²) in [4.78, 5) is 33.6. The number of nitrogens with one attached hydrogen (secondary N) is 1. The molecule has 0 radical (unpaired) electrons. The van der Waals surface area contributed by atoms with E-state index < -0.39 is 5.97 Å². The largest absolute Gasteiger partial charge is 0.478 e. The number of piperazine rings is 1. The number of nitrogens with zero attached hydrogens (tertiary/aromatic N) is 4. The number of nitriles is 1. The topological polar surface area (TPSA) is 110 Å². The Bertz CT molecular complexity index is 1230. The highest BCUT2D eigenvalue weighted by molar-refractivity contribution is 6.08. The molecule has 0 saturated carbocycles. The number of pyridine rings is 1. The number of rotatable bonds is 6. The summed E-state index contributed by atoms with van der Waals surface area (Å²) in [6, 6.07) is 16.1. The lowest BCUT2D eigenvalue weighted by atomic mass is 10.1. The molecule has 1 saturated heterocycles. The molecule has 3 aromatic rings. The number of aromatic carboxylic acids is 1. The lowest BCUT2D eigenvalue weighted by Crippen LogP contribution is -2.46. The fourth-order valence-electron chi connectivity index (χ4n) is 3.95. The molecule has 8 nitrogen and oxygen atoms in total. The smallest absolute Gasteiger partial charge is 0.336 e. The highest BCUT2D eigenvalue weighted by Crippen LogP contribution is 2.27. The van der Waals surface area contributed by atoms with E-state index in [1.165, 1.54) is 0 Å². The van der Waals surface area contributed by atoms with E-state index in [9.17, 15) is 14.7 Å². The molecule has 0 spiro atoms. The van der Waals surface area contributed by atoms with Gasteiger partial charge < -0.3 is 15.3 Å². The minimum Gasteiger partial charge on any atom is -0.478 e. The van der Waals surface area contributed by atoms with Crippen LogP contribution < -0.4 is 10.2 Å². The Morgan fingerprint density at radius 2 is 1.82 bits per heavy atom. The Balaban J connectivity index is 1.57.